The monoisotopic (exact) mass is 285 g/mol. The highest BCUT2D eigenvalue weighted by molar-refractivity contribution is 5.20. The maximum Gasteiger partial charge on any atom is 0.150 e. The van der Waals surface area contributed by atoms with Gasteiger partial charge in [-0.2, -0.15) is 0 Å². The zero-order chi connectivity index (χ0) is 14.7. The zero-order valence-electron chi connectivity index (χ0n) is 12.7. The van der Waals surface area contributed by atoms with E-state index in [2.05, 4.69) is 52.6 Å². The molecule has 3 rings (SSSR count). The summed E-state index contributed by atoms with van der Waals surface area (Å²) in [4.78, 5) is 2.50. The van der Waals surface area contributed by atoms with Gasteiger partial charge in [-0.3, -0.25) is 4.90 Å². The van der Waals surface area contributed by atoms with Crippen molar-refractivity contribution in [1.82, 2.24) is 15.4 Å². The predicted molar refractivity (Wildman–Crippen MR) is 82.9 cm³/mol. The van der Waals surface area contributed by atoms with Crippen molar-refractivity contribution in [2.45, 2.75) is 38.9 Å². The maximum atomic E-state index is 5.41. The molecule has 0 radical (unpaired) electrons. The summed E-state index contributed by atoms with van der Waals surface area (Å²) in [5.74, 6) is 0.949. The van der Waals surface area contributed by atoms with Crippen LogP contribution in [0.4, 0.5) is 0 Å². The van der Waals surface area contributed by atoms with Crippen LogP contribution in [0.3, 0.4) is 0 Å². The molecule has 0 amide bonds. The van der Waals surface area contributed by atoms with Gasteiger partial charge in [0.25, 0.3) is 0 Å². The average molecular weight is 285 g/mol. The second-order valence-corrected chi connectivity index (χ2v) is 5.80. The molecule has 1 saturated heterocycles. The van der Waals surface area contributed by atoms with E-state index >= 15 is 0 Å². The Kier molecular flexibility index (Phi) is 4.36. The van der Waals surface area contributed by atoms with Gasteiger partial charge in [0.2, 0.25) is 0 Å². The standard InChI is InChI=1S/C17H23N3O/c1-3-15-11-20(12-16-9-13(2)19-21-16)17(10-18-15)14-7-5-4-6-8-14/h4-9,15,17-18H,3,10-12H2,1-2H3. The molecular formula is C17H23N3O. The molecule has 2 aromatic rings. The maximum absolute atomic E-state index is 5.41. The number of benzene rings is 1. The molecule has 2 atom stereocenters. The van der Waals surface area contributed by atoms with Crippen LogP contribution in [0, 0.1) is 6.92 Å². The number of piperazine rings is 1. The lowest BCUT2D eigenvalue weighted by Crippen LogP contribution is -2.51. The molecule has 0 saturated carbocycles. The van der Waals surface area contributed by atoms with E-state index in [0.717, 1.165) is 37.5 Å². The Morgan fingerprint density at radius 2 is 2.14 bits per heavy atom. The van der Waals surface area contributed by atoms with Crippen molar-refractivity contribution in [1.29, 1.82) is 0 Å². The van der Waals surface area contributed by atoms with Crippen molar-refractivity contribution in [3.8, 4) is 0 Å². The van der Waals surface area contributed by atoms with Gasteiger partial charge in [0, 0.05) is 31.2 Å². The quantitative estimate of drug-likeness (QED) is 0.938. The third kappa shape index (κ3) is 3.34. The molecule has 2 unspecified atom stereocenters. The summed E-state index contributed by atoms with van der Waals surface area (Å²) in [6.45, 7) is 7.04. The molecule has 1 aromatic carbocycles. The first-order chi connectivity index (χ1) is 10.3. The van der Waals surface area contributed by atoms with Gasteiger partial charge in [0.15, 0.2) is 5.76 Å². The second-order valence-electron chi connectivity index (χ2n) is 5.80. The Balaban J connectivity index is 1.80. The van der Waals surface area contributed by atoms with Crippen molar-refractivity contribution in [2.24, 2.45) is 0 Å². The first-order valence-electron chi connectivity index (χ1n) is 7.71. The Bertz CT molecular complexity index is 566. The lowest BCUT2D eigenvalue weighted by molar-refractivity contribution is 0.109. The normalized spacial score (nSPS) is 23.3. The molecule has 1 aliphatic heterocycles. The summed E-state index contributed by atoms with van der Waals surface area (Å²) in [7, 11) is 0. The SMILES string of the molecule is CCC1CN(Cc2cc(C)no2)C(c2ccccc2)CN1. The van der Waals surface area contributed by atoms with Crippen LogP contribution in [0.15, 0.2) is 40.9 Å². The highest BCUT2D eigenvalue weighted by Crippen LogP contribution is 2.26. The number of nitrogens with one attached hydrogen (secondary N) is 1. The van der Waals surface area contributed by atoms with Crippen LogP contribution in [-0.2, 0) is 6.54 Å². The van der Waals surface area contributed by atoms with Crippen LogP contribution in [-0.4, -0.2) is 29.2 Å². The van der Waals surface area contributed by atoms with E-state index in [9.17, 15) is 0 Å². The van der Waals surface area contributed by atoms with Crippen LogP contribution in [0.2, 0.25) is 0 Å². The number of aryl methyl sites for hydroxylation is 1. The Morgan fingerprint density at radius 1 is 1.33 bits per heavy atom. The summed E-state index contributed by atoms with van der Waals surface area (Å²) in [5.41, 5.74) is 2.30. The molecule has 4 heteroatoms. The highest BCUT2D eigenvalue weighted by atomic mass is 16.5. The van der Waals surface area contributed by atoms with Crippen LogP contribution in [0.5, 0.6) is 0 Å². The molecule has 1 N–H and O–H groups in total. The minimum atomic E-state index is 0.388. The molecule has 1 aromatic heterocycles. The van der Waals surface area contributed by atoms with Gasteiger partial charge in [-0.05, 0) is 18.9 Å². The van der Waals surface area contributed by atoms with Crippen molar-refractivity contribution >= 4 is 0 Å². The van der Waals surface area contributed by atoms with E-state index in [4.69, 9.17) is 4.52 Å². The predicted octanol–water partition coefficient (Wildman–Crippen LogP) is 2.91. The lowest BCUT2D eigenvalue weighted by Gasteiger charge is -2.40. The number of rotatable bonds is 4. The molecule has 1 fully saturated rings. The fourth-order valence-electron chi connectivity index (χ4n) is 3.03. The van der Waals surface area contributed by atoms with Gasteiger partial charge in [0.1, 0.15) is 0 Å². The van der Waals surface area contributed by atoms with Crippen LogP contribution >= 0.6 is 0 Å². The molecule has 0 spiro atoms. The Morgan fingerprint density at radius 3 is 2.81 bits per heavy atom. The number of nitrogens with zero attached hydrogens (tertiary/aromatic N) is 2. The molecule has 1 aliphatic rings. The molecule has 2 heterocycles. The Labute approximate surface area is 126 Å². The van der Waals surface area contributed by atoms with Crippen LogP contribution < -0.4 is 5.32 Å². The minimum Gasteiger partial charge on any atom is -0.360 e. The number of hydrogen-bond acceptors (Lipinski definition) is 4. The molecule has 21 heavy (non-hydrogen) atoms. The van der Waals surface area contributed by atoms with E-state index in [0.29, 0.717) is 12.1 Å². The first kappa shape index (κ1) is 14.3. The minimum absolute atomic E-state index is 0.388. The molecule has 4 nitrogen and oxygen atoms in total. The van der Waals surface area contributed by atoms with Gasteiger partial charge in [-0.25, -0.2) is 0 Å². The summed E-state index contributed by atoms with van der Waals surface area (Å²) in [5, 5.41) is 7.65. The smallest absolute Gasteiger partial charge is 0.150 e. The fourth-order valence-corrected chi connectivity index (χ4v) is 3.03. The van der Waals surface area contributed by atoms with Crippen molar-refractivity contribution in [3.63, 3.8) is 0 Å². The number of aromatic nitrogens is 1. The van der Waals surface area contributed by atoms with E-state index < -0.39 is 0 Å². The fraction of sp³-hybridized carbons (Fsp3) is 0.471. The van der Waals surface area contributed by atoms with Crippen LogP contribution in [0.1, 0.15) is 36.4 Å². The molecule has 0 bridgehead atoms. The van der Waals surface area contributed by atoms with E-state index in [1.165, 1.54) is 5.56 Å². The van der Waals surface area contributed by atoms with Crippen molar-refractivity contribution in [2.75, 3.05) is 13.1 Å². The summed E-state index contributed by atoms with van der Waals surface area (Å²) < 4.78 is 5.41. The average Bonchev–Trinajstić information content (AvgIpc) is 2.93. The highest BCUT2D eigenvalue weighted by Gasteiger charge is 2.28. The lowest BCUT2D eigenvalue weighted by atomic mass is 10.00. The van der Waals surface area contributed by atoms with Gasteiger partial charge in [-0.1, -0.05) is 42.4 Å². The van der Waals surface area contributed by atoms with Gasteiger partial charge in [-0.15, -0.1) is 0 Å². The van der Waals surface area contributed by atoms with Gasteiger partial charge in [0.05, 0.1) is 12.2 Å². The largest absolute Gasteiger partial charge is 0.360 e. The third-order valence-electron chi connectivity index (χ3n) is 4.21. The van der Waals surface area contributed by atoms with E-state index in [1.54, 1.807) is 0 Å². The number of hydrogen-bond donors (Lipinski definition) is 1. The molecular weight excluding hydrogens is 262 g/mol. The zero-order valence-corrected chi connectivity index (χ0v) is 12.7. The van der Waals surface area contributed by atoms with Crippen molar-refractivity contribution in [3.05, 3.63) is 53.4 Å². The van der Waals surface area contributed by atoms with Crippen molar-refractivity contribution < 1.29 is 4.52 Å². The molecule has 112 valence electrons. The third-order valence-corrected chi connectivity index (χ3v) is 4.21. The summed E-state index contributed by atoms with van der Waals surface area (Å²) in [6.07, 6.45) is 1.15. The first-order valence-corrected chi connectivity index (χ1v) is 7.71. The summed E-state index contributed by atoms with van der Waals surface area (Å²) >= 11 is 0. The topological polar surface area (TPSA) is 41.3 Å². The Hall–Kier alpha value is -1.65. The van der Waals surface area contributed by atoms with E-state index in [-0.39, 0.29) is 0 Å². The summed E-state index contributed by atoms with van der Waals surface area (Å²) in [6, 6.07) is 13.7. The van der Waals surface area contributed by atoms with Gasteiger partial charge >= 0.3 is 0 Å². The molecule has 0 aliphatic carbocycles. The second kappa shape index (κ2) is 6.41. The van der Waals surface area contributed by atoms with E-state index in [1.807, 2.05) is 13.0 Å². The van der Waals surface area contributed by atoms with Gasteiger partial charge < -0.3 is 9.84 Å². The van der Waals surface area contributed by atoms with Crippen LogP contribution in [0.25, 0.3) is 0 Å².